The molecule has 0 N–H and O–H groups in total. The number of rotatable bonds is 5. The molecule has 9 heteroatoms. The Morgan fingerprint density at radius 2 is 1.52 bits per heavy atom. The molecule has 0 aromatic heterocycles. The Morgan fingerprint density at radius 1 is 1.00 bits per heavy atom. The lowest BCUT2D eigenvalue weighted by Crippen LogP contribution is -2.52. The zero-order chi connectivity index (χ0) is 16.5. The van der Waals surface area contributed by atoms with Crippen molar-refractivity contribution in [2.75, 3.05) is 7.11 Å². The van der Waals surface area contributed by atoms with Gasteiger partial charge in [-0.3, -0.25) is 0 Å². The highest BCUT2D eigenvalue weighted by molar-refractivity contribution is 5.20. The normalized spacial score (nSPS) is 15.1. The lowest BCUT2D eigenvalue weighted by molar-refractivity contribution is -0.358. The number of ether oxygens (including phenoxy) is 1. The lowest BCUT2D eigenvalue weighted by Gasteiger charge is -2.30. The predicted octanol–water partition coefficient (Wildman–Crippen LogP) is 4.74. The van der Waals surface area contributed by atoms with Crippen molar-refractivity contribution in [1.82, 2.24) is 0 Å². The summed E-state index contributed by atoms with van der Waals surface area (Å²) in [5.74, 6) is -12.7. The fourth-order valence-electron chi connectivity index (χ4n) is 1.62. The summed E-state index contributed by atoms with van der Waals surface area (Å²) >= 11 is 0. The molecule has 1 rings (SSSR count). The smallest absolute Gasteiger partial charge is 0.376 e. The first kappa shape index (κ1) is 17.7. The van der Waals surface area contributed by atoms with Gasteiger partial charge >= 0.3 is 18.0 Å². The van der Waals surface area contributed by atoms with Gasteiger partial charge in [0.1, 0.15) is 5.82 Å². The Bertz CT molecular complexity index is 482. The molecule has 0 aliphatic carbocycles. The van der Waals surface area contributed by atoms with E-state index in [1.165, 1.54) is 12.1 Å². The van der Waals surface area contributed by atoms with Crippen LogP contribution in [0.2, 0.25) is 0 Å². The van der Waals surface area contributed by atoms with Crippen molar-refractivity contribution < 1.29 is 39.9 Å². The van der Waals surface area contributed by atoms with E-state index in [1.54, 1.807) is 0 Å². The zero-order valence-corrected chi connectivity index (χ0v) is 10.5. The number of hydrogen-bond donors (Lipinski definition) is 0. The van der Waals surface area contributed by atoms with Gasteiger partial charge in [0.05, 0.1) is 6.10 Å². The van der Waals surface area contributed by atoms with Gasteiger partial charge in [0.25, 0.3) is 0 Å². The number of benzene rings is 1. The first-order valence-corrected chi connectivity index (χ1v) is 5.53. The summed E-state index contributed by atoms with van der Waals surface area (Å²) in [6.45, 7) is 0. The Balaban J connectivity index is 3.09. The molecule has 120 valence electrons. The Kier molecular flexibility index (Phi) is 4.87. The van der Waals surface area contributed by atoms with Gasteiger partial charge in [-0.05, 0) is 6.07 Å². The van der Waals surface area contributed by atoms with Crippen molar-refractivity contribution in [2.24, 2.45) is 0 Å². The van der Waals surface area contributed by atoms with Gasteiger partial charge in [-0.1, -0.05) is 18.2 Å². The van der Waals surface area contributed by atoms with Crippen LogP contribution in [0, 0.1) is 5.82 Å². The van der Waals surface area contributed by atoms with Crippen LogP contribution in [0.4, 0.5) is 35.1 Å². The molecule has 1 unspecified atom stereocenters. The van der Waals surface area contributed by atoms with Crippen LogP contribution in [-0.2, 0) is 4.74 Å². The van der Waals surface area contributed by atoms with Crippen molar-refractivity contribution in [1.29, 1.82) is 0 Å². The molecule has 0 heterocycles. The maximum atomic E-state index is 13.4. The van der Waals surface area contributed by atoms with Crippen molar-refractivity contribution in [3.63, 3.8) is 0 Å². The summed E-state index contributed by atoms with van der Waals surface area (Å²) in [5, 5.41) is 0. The van der Waals surface area contributed by atoms with Crippen LogP contribution < -0.4 is 0 Å². The van der Waals surface area contributed by atoms with Gasteiger partial charge in [-0.15, -0.1) is 0 Å². The molecule has 0 aliphatic heterocycles. The maximum Gasteiger partial charge on any atom is 0.459 e. The van der Waals surface area contributed by atoms with Gasteiger partial charge in [0.2, 0.25) is 0 Å². The highest BCUT2D eigenvalue weighted by atomic mass is 19.4. The molecular formula is C12H10F8O. The van der Waals surface area contributed by atoms with Crippen molar-refractivity contribution in [2.45, 2.75) is 30.5 Å². The topological polar surface area (TPSA) is 9.23 Å². The highest BCUT2D eigenvalue weighted by Gasteiger charge is 2.73. The van der Waals surface area contributed by atoms with E-state index in [0.29, 0.717) is 0 Å². The van der Waals surface area contributed by atoms with E-state index in [-0.39, 0.29) is 0 Å². The summed E-state index contributed by atoms with van der Waals surface area (Å²) in [7, 11) is 0.804. The zero-order valence-electron chi connectivity index (χ0n) is 10.5. The molecule has 1 nitrogen and oxygen atoms in total. The van der Waals surface area contributed by atoms with Crippen LogP contribution in [0.1, 0.15) is 18.1 Å². The van der Waals surface area contributed by atoms with Gasteiger partial charge in [-0.25, -0.2) is 4.39 Å². The average Bonchev–Trinajstić information content (AvgIpc) is 2.35. The van der Waals surface area contributed by atoms with Gasteiger partial charge < -0.3 is 4.74 Å². The minimum Gasteiger partial charge on any atom is -0.376 e. The van der Waals surface area contributed by atoms with E-state index in [4.69, 9.17) is 0 Å². The van der Waals surface area contributed by atoms with Crippen LogP contribution in [0.25, 0.3) is 0 Å². The second-order valence-electron chi connectivity index (χ2n) is 4.23. The Hall–Kier alpha value is -1.38. The minimum atomic E-state index is -6.43. The van der Waals surface area contributed by atoms with Crippen molar-refractivity contribution in [3.8, 4) is 0 Å². The van der Waals surface area contributed by atoms with Crippen LogP contribution in [0.5, 0.6) is 0 Å². The standard InChI is InChI=1S/C12H10F8O/c1-21-9(7-4-2-3-5-8(7)13)6-10(14,15)11(16,17)12(18,19)20/h2-5,9H,6H2,1H3. The number of hydrogen-bond acceptors (Lipinski definition) is 1. The first-order chi connectivity index (χ1) is 9.44. The van der Waals surface area contributed by atoms with E-state index in [1.807, 2.05) is 0 Å². The second-order valence-corrected chi connectivity index (χ2v) is 4.23. The largest absolute Gasteiger partial charge is 0.459 e. The molecular weight excluding hydrogens is 312 g/mol. The van der Waals surface area contributed by atoms with E-state index < -0.39 is 41.9 Å². The van der Waals surface area contributed by atoms with Crippen LogP contribution in [0.3, 0.4) is 0 Å². The summed E-state index contributed by atoms with van der Waals surface area (Å²) in [4.78, 5) is 0. The fourth-order valence-corrected chi connectivity index (χ4v) is 1.62. The fraction of sp³-hybridized carbons (Fsp3) is 0.500. The number of alkyl halides is 7. The average molecular weight is 322 g/mol. The van der Waals surface area contributed by atoms with Gasteiger partial charge in [0.15, 0.2) is 0 Å². The molecule has 21 heavy (non-hydrogen) atoms. The van der Waals surface area contributed by atoms with E-state index in [9.17, 15) is 35.1 Å². The molecule has 0 amide bonds. The summed E-state index contributed by atoms with van der Waals surface area (Å²) in [6, 6.07) is 4.23. The molecule has 0 saturated carbocycles. The van der Waals surface area contributed by atoms with E-state index >= 15 is 0 Å². The third-order valence-electron chi connectivity index (χ3n) is 2.79. The van der Waals surface area contributed by atoms with Gasteiger partial charge in [0, 0.05) is 19.1 Å². The summed E-state index contributed by atoms with van der Waals surface area (Å²) in [5.41, 5.74) is -0.530. The predicted molar refractivity (Wildman–Crippen MR) is 56.7 cm³/mol. The molecule has 0 aliphatic rings. The van der Waals surface area contributed by atoms with Crippen LogP contribution >= 0.6 is 0 Å². The first-order valence-electron chi connectivity index (χ1n) is 5.53. The third kappa shape index (κ3) is 3.45. The van der Waals surface area contributed by atoms with Crippen LogP contribution in [-0.4, -0.2) is 25.1 Å². The second kappa shape index (κ2) is 5.78. The molecule has 1 aromatic carbocycles. The van der Waals surface area contributed by atoms with Gasteiger partial charge in [-0.2, -0.15) is 30.7 Å². The third-order valence-corrected chi connectivity index (χ3v) is 2.79. The summed E-state index contributed by atoms with van der Waals surface area (Å²) in [6.07, 6.45) is -10.4. The van der Waals surface area contributed by atoms with E-state index in [0.717, 1.165) is 19.2 Å². The Morgan fingerprint density at radius 3 is 1.95 bits per heavy atom. The molecule has 0 fully saturated rings. The van der Waals surface area contributed by atoms with Crippen LogP contribution in [0.15, 0.2) is 24.3 Å². The molecule has 0 radical (unpaired) electrons. The Labute approximate surface area is 114 Å². The highest BCUT2D eigenvalue weighted by Crippen LogP contribution is 2.50. The van der Waals surface area contributed by atoms with E-state index in [2.05, 4.69) is 4.74 Å². The molecule has 1 atom stereocenters. The molecule has 0 saturated heterocycles. The van der Waals surface area contributed by atoms with Crippen molar-refractivity contribution in [3.05, 3.63) is 35.6 Å². The minimum absolute atomic E-state index is 0.530. The number of halogens is 8. The lowest BCUT2D eigenvalue weighted by atomic mass is 9.98. The summed E-state index contributed by atoms with van der Waals surface area (Å²) < 4.78 is 106. The molecule has 0 bridgehead atoms. The van der Waals surface area contributed by atoms with Crippen molar-refractivity contribution >= 4 is 0 Å². The maximum absolute atomic E-state index is 13.4. The monoisotopic (exact) mass is 322 g/mol. The SMILES string of the molecule is COC(CC(F)(F)C(F)(F)C(F)(F)F)c1ccccc1F. The molecule has 1 aromatic rings. The number of methoxy groups -OCH3 is 1. The molecule has 0 spiro atoms. The quantitative estimate of drug-likeness (QED) is 0.712.